The number of hydrogen-bond acceptors (Lipinski definition) is 2. The topological polar surface area (TPSA) is 26.3 Å². The zero-order chi connectivity index (χ0) is 15.3. The molecule has 2 aliphatic carbocycles. The molecule has 0 bridgehead atoms. The molecule has 1 atom stereocenters. The van der Waals surface area contributed by atoms with Crippen molar-refractivity contribution in [3.05, 3.63) is 11.6 Å². The molecule has 0 aromatic carbocycles. The van der Waals surface area contributed by atoms with Crippen molar-refractivity contribution in [2.45, 2.75) is 59.2 Å². The van der Waals surface area contributed by atoms with Crippen molar-refractivity contribution >= 4 is 5.97 Å². The summed E-state index contributed by atoms with van der Waals surface area (Å²) in [6.45, 7) is 8.06. The van der Waals surface area contributed by atoms with Gasteiger partial charge in [0.2, 0.25) is 0 Å². The lowest BCUT2D eigenvalue weighted by molar-refractivity contribution is -0.151. The van der Waals surface area contributed by atoms with Crippen molar-refractivity contribution in [2.75, 3.05) is 0 Å². The van der Waals surface area contributed by atoms with Crippen molar-refractivity contribution in [2.24, 2.45) is 16.7 Å². The Labute approximate surface area is 117 Å². The molecular formula is C15H21F3O2. The summed E-state index contributed by atoms with van der Waals surface area (Å²) >= 11 is 0. The highest BCUT2D eigenvalue weighted by Crippen LogP contribution is 2.68. The lowest BCUT2D eigenvalue weighted by atomic mass is 10.0. The van der Waals surface area contributed by atoms with Gasteiger partial charge in [-0.2, -0.15) is 13.2 Å². The van der Waals surface area contributed by atoms with E-state index in [2.05, 4.69) is 0 Å². The molecule has 1 unspecified atom stereocenters. The summed E-state index contributed by atoms with van der Waals surface area (Å²) in [4.78, 5) is 12.1. The van der Waals surface area contributed by atoms with Crippen molar-refractivity contribution in [3.8, 4) is 0 Å². The Morgan fingerprint density at radius 1 is 1.30 bits per heavy atom. The monoisotopic (exact) mass is 290 g/mol. The number of esters is 1. The quantitative estimate of drug-likeness (QED) is 0.573. The van der Waals surface area contributed by atoms with Crippen LogP contribution in [0.15, 0.2) is 11.6 Å². The average molecular weight is 290 g/mol. The highest BCUT2D eigenvalue weighted by atomic mass is 19.4. The minimum absolute atomic E-state index is 0.106. The molecule has 20 heavy (non-hydrogen) atoms. The fourth-order valence-corrected chi connectivity index (χ4v) is 3.27. The Hall–Kier alpha value is -1.00. The number of alkyl halides is 3. The van der Waals surface area contributed by atoms with Gasteiger partial charge in [0.1, 0.15) is 6.10 Å². The van der Waals surface area contributed by atoms with E-state index in [4.69, 9.17) is 4.74 Å². The Morgan fingerprint density at radius 3 is 2.30 bits per heavy atom. The Kier molecular flexibility index (Phi) is 3.46. The summed E-state index contributed by atoms with van der Waals surface area (Å²) < 4.78 is 42.3. The highest BCUT2D eigenvalue weighted by molar-refractivity contribution is 5.79. The van der Waals surface area contributed by atoms with E-state index in [1.165, 1.54) is 0 Å². The largest absolute Gasteiger partial charge is 0.461 e. The molecule has 2 rings (SSSR count). The maximum atomic E-state index is 12.3. The fraction of sp³-hybridized carbons (Fsp3) is 0.800. The van der Waals surface area contributed by atoms with Gasteiger partial charge < -0.3 is 4.74 Å². The van der Waals surface area contributed by atoms with Gasteiger partial charge >= 0.3 is 12.1 Å². The number of hydrogen-bond donors (Lipinski definition) is 0. The number of rotatable bonds is 3. The molecule has 1 fully saturated rings. The first kappa shape index (κ1) is 15.4. The van der Waals surface area contributed by atoms with Crippen LogP contribution >= 0.6 is 0 Å². The zero-order valence-electron chi connectivity index (χ0n) is 12.3. The van der Waals surface area contributed by atoms with Crippen LogP contribution in [0.4, 0.5) is 13.2 Å². The molecule has 0 heterocycles. The van der Waals surface area contributed by atoms with Gasteiger partial charge in [-0.3, -0.25) is 4.79 Å². The van der Waals surface area contributed by atoms with Gasteiger partial charge in [-0.05, 0) is 10.8 Å². The van der Waals surface area contributed by atoms with Crippen LogP contribution < -0.4 is 0 Å². The van der Waals surface area contributed by atoms with Gasteiger partial charge in [-0.15, -0.1) is 0 Å². The standard InChI is InChI=1S/C15H21F3O2/c1-13(2)11(14(13,3)4)12(19)20-10-6-5-9(7-10)8-15(16,17)18/h5,10-11H,6-8H2,1-4H3. The predicted octanol–water partition coefficient (Wildman–Crippen LogP) is 4.25. The van der Waals surface area contributed by atoms with Crippen LogP contribution in [-0.4, -0.2) is 18.2 Å². The third-order valence-electron chi connectivity index (χ3n) is 5.13. The number of ether oxygens (including phenoxy) is 1. The predicted molar refractivity (Wildman–Crippen MR) is 68.9 cm³/mol. The van der Waals surface area contributed by atoms with E-state index in [1.807, 2.05) is 27.7 Å². The van der Waals surface area contributed by atoms with Crippen LogP contribution in [-0.2, 0) is 9.53 Å². The molecule has 0 spiro atoms. The first-order chi connectivity index (χ1) is 8.95. The summed E-state index contributed by atoms with van der Waals surface area (Å²) in [5.41, 5.74) is 0.111. The maximum absolute atomic E-state index is 12.3. The summed E-state index contributed by atoms with van der Waals surface area (Å²) in [7, 11) is 0. The van der Waals surface area contributed by atoms with E-state index in [0.717, 1.165) is 0 Å². The van der Waals surface area contributed by atoms with Crippen LogP contribution in [0.3, 0.4) is 0 Å². The van der Waals surface area contributed by atoms with Gasteiger partial charge in [0, 0.05) is 12.8 Å². The molecule has 0 aliphatic heterocycles. The third kappa shape index (κ3) is 2.72. The van der Waals surface area contributed by atoms with Crippen molar-refractivity contribution in [1.29, 1.82) is 0 Å². The van der Waals surface area contributed by atoms with Crippen LogP contribution in [0.2, 0.25) is 0 Å². The molecule has 5 heteroatoms. The van der Waals surface area contributed by atoms with Crippen LogP contribution in [0.5, 0.6) is 0 Å². The van der Waals surface area contributed by atoms with Gasteiger partial charge in [-0.1, -0.05) is 39.3 Å². The molecule has 0 radical (unpaired) electrons. The summed E-state index contributed by atoms with van der Waals surface area (Å²) in [6.07, 6.45) is -3.36. The number of halogens is 3. The average Bonchev–Trinajstić information content (AvgIpc) is 2.56. The molecular weight excluding hydrogens is 269 g/mol. The molecule has 0 aromatic heterocycles. The highest BCUT2D eigenvalue weighted by Gasteiger charge is 2.69. The molecule has 0 aromatic rings. The van der Waals surface area contributed by atoms with Crippen molar-refractivity contribution in [1.82, 2.24) is 0 Å². The summed E-state index contributed by atoms with van der Waals surface area (Å²) in [6, 6.07) is 0. The van der Waals surface area contributed by atoms with E-state index >= 15 is 0 Å². The number of carbonyl (C=O) groups is 1. The van der Waals surface area contributed by atoms with Gasteiger partial charge in [-0.25, -0.2) is 0 Å². The summed E-state index contributed by atoms with van der Waals surface area (Å²) in [5, 5.41) is 0. The maximum Gasteiger partial charge on any atom is 0.392 e. The number of carbonyl (C=O) groups excluding carboxylic acids is 1. The second-order valence-corrected chi connectivity index (χ2v) is 7.03. The minimum atomic E-state index is -4.19. The van der Waals surface area contributed by atoms with E-state index in [-0.39, 0.29) is 29.1 Å². The molecule has 2 nitrogen and oxygen atoms in total. The minimum Gasteiger partial charge on any atom is -0.461 e. The van der Waals surface area contributed by atoms with E-state index < -0.39 is 18.7 Å². The lowest BCUT2D eigenvalue weighted by Crippen LogP contribution is -2.20. The summed E-state index contributed by atoms with van der Waals surface area (Å²) in [5.74, 6) is -0.437. The van der Waals surface area contributed by atoms with Crippen molar-refractivity contribution in [3.63, 3.8) is 0 Å². The van der Waals surface area contributed by atoms with E-state index in [9.17, 15) is 18.0 Å². The van der Waals surface area contributed by atoms with Crippen molar-refractivity contribution < 1.29 is 22.7 Å². The van der Waals surface area contributed by atoms with E-state index in [0.29, 0.717) is 12.0 Å². The Morgan fingerprint density at radius 2 is 1.85 bits per heavy atom. The second-order valence-electron chi connectivity index (χ2n) is 7.03. The molecule has 0 N–H and O–H groups in total. The van der Waals surface area contributed by atoms with Crippen LogP contribution in [0.25, 0.3) is 0 Å². The van der Waals surface area contributed by atoms with Gasteiger partial charge in [0.25, 0.3) is 0 Å². The fourth-order valence-electron chi connectivity index (χ4n) is 3.27. The Bertz CT molecular complexity index is 433. The van der Waals surface area contributed by atoms with Crippen LogP contribution in [0.1, 0.15) is 47.0 Å². The normalized spacial score (nSPS) is 28.1. The first-order valence-corrected chi connectivity index (χ1v) is 6.90. The van der Waals surface area contributed by atoms with Gasteiger partial charge in [0.05, 0.1) is 12.3 Å². The smallest absolute Gasteiger partial charge is 0.392 e. The molecule has 2 aliphatic rings. The Balaban J connectivity index is 1.85. The van der Waals surface area contributed by atoms with Gasteiger partial charge in [0.15, 0.2) is 0 Å². The third-order valence-corrected chi connectivity index (χ3v) is 5.13. The molecule has 0 saturated heterocycles. The molecule has 0 amide bonds. The second kappa shape index (κ2) is 4.50. The first-order valence-electron chi connectivity index (χ1n) is 6.90. The zero-order valence-corrected chi connectivity index (χ0v) is 12.3. The molecule has 1 saturated carbocycles. The van der Waals surface area contributed by atoms with E-state index in [1.54, 1.807) is 6.08 Å². The molecule has 114 valence electrons. The lowest BCUT2D eigenvalue weighted by Gasteiger charge is -2.14. The SMILES string of the molecule is CC1(C)C(C(=O)OC2CC=C(CC(F)(F)F)C2)C1(C)C. The van der Waals surface area contributed by atoms with Crippen LogP contribution in [0, 0.1) is 16.7 Å².